The summed E-state index contributed by atoms with van der Waals surface area (Å²) >= 11 is 12.2. The number of rotatable bonds is 7. The summed E-state index contributed by atoms with van der Waals surface area (Å²) in [7, 11) is -2.80. The Hall–Kier alpha value is -2.74. The van der Waals surface area contributed by atoms with E-state index in [1.807, 2.05) is 0 Å². The summed E-state index contributed by atoms with van der Waals surface area (Å²) < 4.78 is 37.8. The van der Waals surface area contributed by atoms with Crippen molar-refractivity contribution in [3.8, 4) is 11.5 Å². The van der Waals surface area contributed by atoms with Gasteiger partial charge in [0.15, 0.2) is 6.61 Å². The number of sulfonamides is 1. The second kappa shape index (κ2) is 9.38. The summed E-state index contributed by atoms with van der Waals surface area (Å²) in [5.41, 5.74) is 0.0532. The number of hydrogen-bond donors (Lipinski definition) is 0. The zero-order valence-corrected chi connectivity index (χ0v) is 18.1. The number of amides is 1. The van der Waals surface area contributed by atoms with E-state index in [0.29, 0.717) is 15.1 Å². The molecule has 0 aliphatic rings. The van der Waals surface area contributed by atoms with Crippen molar-refractivity contribution in [2.45, 2.75) is 4.90 Å². The normalized spacial score (nSPS) is 11.0. The lowest BCUT2D eigenvalue weighted by Crippen LogP contribution is -2.40. The lowest BCUT2D eigenvalue weighted by atomic mass is 10.3. The molecule has 0 saturated carbocycles. The molecule has 0 unspecified atom stereocenters. The molecule has 3 rings (SSSR count). The van der Waals surface area contributed by atoms with Gasteiger partial charge in [0.1, 0.15) is 11.5 Å². The number of ether oxygens (including phenoxy) is 2. The summed E-state index contributed by atoms with van der Waals surface area (Å²) in [5.74, 6) is -0.213. The van der Waals surface area contributed by atoms with Crippen molar-refractivity contribution in [2.24, 2.45) is 0 Å². The Kier molecular flexibility index (Phi) is 6.87. The van der Waals surface area contributed by atoms with E-state index in [2.05, 4.69) is 0 Å². The minimum Gasteiger partial charge on any atom is -0.495 e. The van der Waals surface area contributed by atoms with Gasteiger partial charge in [0.2, 0.25) is 0 Å². The zero-order valence-electron chi connectivity index (χ0n) is 15.8. The van der Waals surface area contributed by atoms with E-state index in [1.165, 1.54) is 37.4 Å². The third-order valence-corrected chi connectivity index (χ3v) is 6.44. The summed E-state index contributed by atoms with van der Waals surface area (Å²) in [6.07, 6.45) is 0. The number of methoxy groups -OCH3 is 1. The molecule has 0 saturated heterocycles. The summed E-state index contributed by atoms with van der Waals surface area (Å²) in [6.45, 7) is -0.556. The lowest BCUT2D eigenvalue weighted by Gasteiger charge is -2.23. The number of carbonyl (C=O) groups is 1. The fourth-order valence-corrected chi connectivity index (χ4v) is 4.52. The molecule has 156 valence electrons. The molecule has 0 spiro atoms. The van der Waals surface area contributed by atoms with Crippen molar-refractivity contribution in [1.29, 1.82) is 0 Å². The molecule has 3 aromatic carbocycles. The van der Waals surface area contributed by atoms with Gasteiger partial charge >= 0.3 is 0 Å². The molecule has 1 amide bonds. The van der Waals surface area contributed by atoms with Crippen molar-refractivity contribution in [1.82, 2.24) is 0 Å². The van der Waals surface area contributed by atoms with Crippen molar-refractivity contribution >= 4 is 44.8 Å². The summed E-state index contributed by atoms with van der Waals surface area (Å²) in [4.78, 5) is 13.0. The first-order valence-electron chi connectivity index (χ1n) is 8.68. The van der Waals surface area contributed by atoms with Crippen LogP contribution in [-0.2, 0) is 14.8 Å². The Bertz CT molecular complexity index is 1150. The van der Waals surface area contributed by atoms with E-state index < -0.39 is 22.5 Å². The Morgan fingerprint density at radius 1 is 0.900 bits per heavy atom. The molecule has 0 bridgehead atoms. The highest BCUT2D eigenvalue weighted by atomic mass is 35.5. The highest BCUT2D eigenvalue weighted by molar-refractivity contribution is 7.93. The van der Waals surface area contributed by atoms with Crippen molar-refractivity contribution < 1.29 is 22.7 Å². The standard InChI is InChI=1S/C21H17Cl2NO5S/c1-28-19-12-11-15(13-18(19)23)24(30(26,27)16-7-3-2-4-8-16)21(25)14-29-20-10-6-5-9-17(20)22/h2-13H,14H2,1H3. The molecule has 9 heteroatoms. The van der Waals surface area contributed by atoms with Gasteiger partial charge in [0.05, 0.1) is 27.7 Å². The molecule has 0 fully saturated rings. The smallest absolute Gasteiger partial charge is 0.278 e. The van der Waals surface area contributed by atoms with E-state index in [1.54, 1.807) is 42.5 Å². The van der Waals surface area contributed by atoms with Crippen LogP contribution in [0.4, 0.5) is 5.69 Å². The molecule has 0 aliphatic carbocycles. The van der Waals surface area contributed by atoms with Gasteiger partial charge in [-0.2, -0.15) is 4.31 Å². The third-order valence-electron chi connectivity index (χ3n) is 4.07. The van der Waals surface area contributed by atoms with Gasteiger partial charge < -0.3 is 9.47 Å². The zero-order chi connectivity index (χ0) is 21.7. The molecule has 0 radical (unpaired) electrons. The number of halogens is 2. The van der Waals surface area contributed by atoms with Crippen LogP contribution in [0.2, 0.25) is 10.0 Å². The second-order valence-electron chi connectivity index (χ2n) is 6.01. The van der Waals surface area contributed by atoms with Crippen LogP contribution in [-0.4, -0.2) is 28.0 Å². The molecular formula is C21H17Cl2NO5S. The van der Waals surface area contributed by atoms with Gasteiger partial charge in [-0.1, -0.05) is 53.5 Å². The molecule has 30 heavy (non-hydrogen) atoms. The van der Waals surface area contributed by atoms with Crippen LogP contribution in [0.1, 0.15) is 0 Å². The van der Waals surface area contributed by atoms with Crippen molar-refractivity contribution in [3.63, 3.8) is 0 Å². The number of benzene rings is 3. The Labute approximate surface area is 184 Å². The largest absolute Gasteiger partial charge is 0.495 e. The minimum absolute atomic E-state index is 0.0527. The molecule has 0 N–H and O–H groups in total. The maximum atomic E-state index is 13.3. The van der Waals surface area contributed by atoms with Gasteiger partial charge in [-0.25, -0.2) is 8.42 Å². The van der Waals surface area contributed by atoms with Gasteiger partial charge in [0.25, 0.3) is 15.9 Å². The number of hydrogen-bond acceptors (Lipinski definition) is 5. The highest BCUT2D eigenvalue weighted by Crippen LogP contribution is 2.32. The first-order valence-corrected chi connectivity index (χ1v) is 10.9. The molecule has 0 atom stereocenters. The molecule has 0 aliphatic heterocycles. The second-order valence-corrected chi connectivity index (χ2v) is 8.62. The van der Waals surface area contributed by atoms with Crippen LogP contribution in [0.25, 0.3) is 0 Å². The lowest BCUT2D eigenvalue weighted by molar-refractivity contribution is -0.119. The summed E-state index contributed by atoms with van der Waals surface area (Å²) in [5, 5.41) is 0.457. The van der Waals surface area contributed by atoms with E-state index in [4.69, 9.17) is 32.7 Å². The van der Waals surface area contributed by atoms with Crippen LogP contribution in [0.3, 0.4) is 0 Å². The van der Waals surface area contributed by atoms with Crippen molar-refractivity contribution in [3.05, 3.63) is 82.8 Å². The van der Waals surface area contributed by atoms with E-state index in [-0.39, 0.29) is 21.4 Å². The first kappa shape index (κ1) is 22.0. The number of carbonyl (C=O) groups excluding carboxylic acids is 1. The maximum absolute atomic E-state index is 13.3. The fraction of sp³-hybridized carbons (Fsp3) is 0.0952. The van der Waals surface area contributed by atoms with Crippen LogP contribution < -0.4 is 13.8 Å². The van der Waals surface area contributed by atoms with Gasteiger partial charge in [-0.3, -0.25) is 4.79 Å². The topological polar surface area (TPSA) is 72.9 Å². The van der Waals surface area contributed by atoms with E-state index >= 15 is 0 Å². The van der Waals surface area contributed by atoms with Crippen molar-refractivity contribution in [2.75, 3.05) is 18.0 Å². The van der Waals surface area contributed by atoms with E-state index in [0.717, 1.165) is 0 Å². The fourth-order valence-electron chi connectivity index (χ4n) is 2.66. The highest BCUT2D eigenvalue weighted by Gasteiger charge is 2.32. The Morgan fingerprint density at radius 2 is 1.57 bits per heavy atom. The molecule has 0 aromatic heterocycles. The van der Waals surface area contributed by atoms with E-state index in [9.17, 15) is 13.2 Å². The van der Waals surface area contributed by atoms with Gasteiger partial charge in [-0.05, 0) is 42.5 Å². The van der Waals surface area contributed by atoms with Gasteiger partial charge in [-0.15, -0.1) is 0 Å². The molecule has 6 nitrogen and oxygen atoms in total. The SMILES string of the molecule is COc1ccc(N(C(=O)COc2ccccc2Cl)S(=O)(=O)c2ccccc2)cc1Cl. The first-order chi connectivity index (χ1) is 14.3. The molecular weight excluding hydrogens is 449 g/mol. The average Bonchev–Trinajstić information content (AvgIpc) is 2.74. The number of para-hydroxylation sites is 1. The van der Waals surface area contributed by atoms with Crippen LogP contribution >= 0.6 is 23.2 Å². The molecule has 3 aromatic rings. The third kappa shape index (κ3) is 4.70. The average molecular weight is 466 g/mol. The maximum Gasteiger partial charge on any atom is 0.278 e. The van der Waals surface area contributed by atoms with Gasteiger partial charge in [0, 0.05) is 0 Å². The van der Waals surface area contributed by atoms with Crippen LogP contribution in [0.15, 0.2) is 77.7 Å². The summed E-state index contributed by atoms with van der Waals surface area (Å²) in [6, 6.07) is 18.4. The Balaban J connectivity index is 2.00. The minimum atomic E-state index is -4.23. The predicted octanol–water partition coefficient (Wildman–Crippen LogP) is 4.80. The van der Waals surface area contributed by atoms with Crippen LogP contribution in [0, 0.1) is 0 Å². The quantitative estimate of drug-likeness (QED) is 0.500. The Morgan fingerprint density at radius 3 is 2.20 bits per heavy atom. The number of nitrogens with zero attached hydrogens (tertiary/aromatic N) is 1. The van der Waals surface area contributed by atoms with Crippen LogP contribution in [0.5, 0.6) is 11.5 Å². The predicted molar refractivity (Wildman–Crippen MR) is 116 cm³/mol. The number of anilines is 1. The molecule has 0 heterocycles. The monoisotopic (exact) mass is 465 g/mol.